The standard InChI is InChI=1S/C20H28O2S2/c1-12-9-13-14-7-8-18(2,17(22)19(14,3)10-23-5)15(13)20(4,11-24-6)16(12)21/h7-9,13-15H,10-11H2,1-6H3. The fourth-order valence-electron chi connectivity index (χ4n) is 5.92. The van der Waals surface area contributed by atoms with Crippen LogP contribution in [0.1, 0.15) is 27.7 Å². The number of thioether (sulfide) groups is 2. The average Bonchev–Trinajstić information content (AvgIpc) is 2.51. The molecule has 0 aliphatic heterocycles. The lowest BCUT2D eigenvalue weighted by atomic mass is 9.40. The molecule has 0 radical (unpaired) electrons. The van der Waals surface area contributed by atoms with Gasteiger partial charge in [-0.1, -0.05) is 32.1 Å². The summed E-state index contributed by atoms with van der Waals surface area (Å²) in [5.41, 5.74) is -0.448. The van der Waals surface area contributed by atoms with Crippen molar-refractivity contribution in [2.24, 2.45) is 34.0 Å². The summed E-state index contributed by atoms with van der Waals surface area (Å²) >= 11 is 3.47. The maximum absolute atomic E-state index is 13.6. The van der Waals surface area contributed by atoms with Crippen LogP contribution < -0.4 is 0 Å². The monoisotopic (exact) mass is 364 g/mol. The van der Waals surface area contributed by atoms with Gasteiger partial charge in [0.05, 0.1) is 0 Å². The van der Waals surface area contributed by atoms with Gasteiger partial charge in [-0.05, 0) is 49.7 Å². The zero-order valence-corrected chi connectivity index (χ0v) is 17.1. The maximum Gasteiger partial charge on any atom is 0.165 e. The predicted molar refractivity (Wildman–Crippen MR) is 104 cm³/mol. The molecule has 2 bridgehead atoms. The van der Waals surface area contributed by atoms with Crippen LogP contribution in [0.3, 0.4) is 0 Å². The van der Waals surface area contributed by atoms with Gasteiger partial charge < -0.3 is 0 Å². The Hall–Kier alpha value is -0.480. The van der Waals surface area contributed by atoms with Gasteiger partial charge in [-0.15, -0.1) is 0 Å². The molecule has 4 aliphatic rings. The number of Topliss-reactive ketones (excluding diaryl/α,β-unsaturated/α-hetero) is 2. The van der Waals surface area contributed by atoms with Gasteiger partial charge >= 0.3 is 0 Å². The number of ketones is 2. The van der Waals surface area contributed by atoms with E-state index in [1.807, 2.05) is 6.92 Å². The van der Waals surface area contributed by atoms with Crippen molar-refractivity contribution in [2.45, 2.75) is 27.7 Å². The summed E-state index contributed by atoms with van der Waals surface area (Å²) in [6.07, 6.45) is 10.7. The summed E-state index contributed by atoms with van der Waals surface area (Å²) in [6.45, 7) is 8.27. The van der Waals surface area contributed by atoms with E-state index in [0.29, 0.717) is 5.78 Å². The minimum Gasteiger partial charge on any atom is -0.298 e. The van der Waals surface area contributed by atoms with E-state index in [0.717, 1.165) is 17.1 Å². The second kappa shape index (κ2) is 5.77. The molecule has 6 atom stereocenters. The predicted octanol–water partition coefficient (Wildman–Crippen LogP) is 4.26. The second-order valence-corrected chi connectivity index (χ2v) is 10.2. The summed E-state index contributed by atoms with van der Waals surface area (Å²) in [7, 11) is 0. The molecule has 4 aliphatic carbocycles. The highest BCUT2D eigenvalue weighted by Gasteiger charge is 2.68. The van der Waals surface area contributed by atoms with E-state index in [1.54, 1.807) is 23.5 Å². The molecule has 0 N–H and O–H groups in total. The van der Waals surface area contributed by atoms with Crippen LogP contribution >= 0.6 is 23.5 Å². The Labute approximate surface area is 154 Å². The van der Waals surface area contributed by atoms with Crippen LogP contribution in [0, 0.1) is 34.0 Å². The topological polar surface area (TPSA) is 34.1 Å². The van der Waals surface area contributed by atoms with E-state index >= 15 is 0 Å². The third-order valence-corrected chi connectivity index (χ3v) is 8.51. The fourth-order valence-corrected chi connectivity index (χ4v) is 7.76. The molecular weight excluding hydrogens is 336 g/mol. The van der Waals surface area contributed by atoms with Crippen LogP contribution in [-0.4, -0.2) is 35.6 Å². The van der Waals surface area contributed by atoms with E-state index in [2.05, 4.69) is 51.5 Å². The van der Waals surface area contributed by atoms with Crippen molar-refractivity contribution < 1.29 is 9.59 Å². The van der Waals surface area contributed by atoms with E-state index in [1.165, 1.54) is 0 Å². The molecule has 0 saturated heterocycles. The van der Waals surface area contributed by atoms with Crippen molar-refractivity contribution in [3.8, 4) is 0 Å². The average molecular weight is 365 g/mol. The molecule has 6 unspecified atom stereocenters. The Balaban J connectivity index is 2.21. The Bertz CT molecular complexity index is 652. The van der Waals surface area contributed by atoms with Crippen LogP contribution in [0.5, 0.6) is 0 Å². The maximum atomic E-state index is 13.6. The van der Waals surface area contributed by atoms with Gasteiger partial charge in [-0.2, -0.15) is 23.5 Å². The number of rotatable bonds is 4. The smallest absolute Gasteiger partial charge is 0.165 e. The van der Waals surface area contributed by atoms with Gasteiger partial charge in [-0.3, -0.25) is 9.59 Å². The fraction of sp³-hybridized carbons (Fsp3) is 0.700. The van der Waals surface area contributed by atoms with Crippen molar-refractivity contribution in [3.63, 3.8) is 0 Å². The molecule has 24 heavy (non-hydrogen) atoms. The Morgan fingerprint density at radius 2 is 1.62 bits per heavy atom. The van der Waals surface area contributed by atoms with Crippen molar-refractivity contribution >= 4 is 35.1 Å². The highest BCUT2D eigenvalue weighted by atomic mass is 32.2. The number of carbonyl (C=O) groups excluding carboxylic acids is 2. The molecule has 4 rings (SSSR count). The first kappa shape index (κ1) is 18.3. The Kier molecular flexibility index (Phi) is 4.40. The molecule has 1 saturated carbocycles. The molecule has 0 amide bonds. The summed E-state index contributed by atoms with van der Waals surface area (Å²) < 4.78 is 0. The first-order valence-electron chi connectivity index (χ1n) is 8.62. The number of allylic oxidation sites excluding steroid dienone is 4. The molecule has 0 heterocycles. The van der Waals surface area contributed by atoms with Gasteiger partial charge in [-0.25, -0.2) is 0 Å². The number of hydrogen-bond acceptors (Lipinski definition) is 4. The van der Waals surface area contributed by atoms with Crippen molar-refractivity contribution in [1.82, 2.24) is 0 Å². The minimum atomic E-state index is -0.540. The number of carbonyl (C=O) groups is 2. The molecule has 0 aromatic rings. The van der Waals surface area contributed by atoms with Crippen LogP contribution in [0.2, 0.25) is 0 Å². The van der Waals surface area contributed by atoms with Gasteiger partial charge in [0.1, 0.15) is 5.78 Å². The lowest BCUT2D eigenvalue weighted by Crippen LogP contribution is -2.66. The van der Waals surface area contributed by atoms with Crippen LogP contribution in [0.25, 0.3) is 0 Å². The summed E-state index contributed by atoms with van der Waals surface area (Å²) in [5, 5.41) is 0. The first-order chi connectivity index (χ1) is 11.2. The normalized spacial score (nSPS) is 46.9. The molecule has 2 nitrogen and oxygen atoms in total. The first-order valence-corrected chi connectivity index (χ1v) is 11.4. The SMILES string of the molecule is CSCC1(C)C(=O)C2(C)C=CC1C1C=C(C)C(=O)C(C)(CSC)C12. The molecule has 1 fully saturated rings. The highest BCUT2D eigenvalue weighted by Crippen LogP contribution is 2.65. The van der Waals surface area contributed by atoms with Crippen LogP contribution in [0.4, 0.5) is 0 Å². The van der Waals surface area contributed by atoms with Crippen molar-refractivity contribution in [3.05, 3.63) is 23.8 Å². The van der Waals surface area contributed by atoms with Gasteiger partial charge in [0, 0.05) is 27.8 Å². The molecule has 132 valence electrons. The molecular formula is C20H28O2S2. The summed E-state index contributed by atoms with van der Waals surface area (Å²) in [5.74, 6) is 2.76. The number of hydrogen-bond donors (Lipinski definition) is 0. The third kappa shape index (κ3) is 2.11. The van der Waals surface area contributed by atoms with Crippen molar-refractivity contribution in [1.29, 1.82) is 0 Å². The van der Waals surface area contributed by atoms with Crippen LogP contribution in [-0.2, 0) is 9.59 Å². The van der Waals surface area contributed by atoms with Gasteiger partial charge in [0.25, 0.3) is 0 Å². The second-order valence-electron chi connectivity index (χ2n) is 8.43. The molecule has 0 aromatic heterocycles. The van der Waals surface area contributed by atoms with Gasteiger partial charge in [0.15, 0.2) is 5.78 Å². The minimum absolute atomic E-state index is 0.0751. The highest BCUT2D eigenvalue weighted by molar-refractivity contribution is 7.98. The van der Waals surface area contributed by atoms with E-state index in [9.17, 15) is 9.59 Å². The van der Waals surface area contributed by atoms with E-state index in [4.69, 9.17) is 0 Å². The zero-order valence-electron chi connectivity index (χ0n) is 15.5. The van der Waals surface area contributed by atoms with E-state index < -0.39 is 10.8 Å². The summed E-state index contributed by atoms with van der Waals surface area (Å²) in [6, 6.07) is 0. The van der Waals surface area contributed by atoms with E-state index in [-0.39, 0.29) is 29.0 Å². The number of fused-ring (bicyclic) bond motifs is 1. The molecule has 0 aromatic carbocycles. The van der Waals surface area contributed by atoms with Crippen molar-refractivity contribution in [2.75, 3.05) is 24.0 Å². The molecule has 4 heteroatoms. The zero-order chi connectivity index (χ0) is 17.9. The lowest BCUT2D eigenvalue weighted by Gasteiger charge is -2.63. The summed E-state index contributed by atoms with van der Waals surface area (Å²) in [4.78, 5) is 26.6. The Morgan fingerprint density at radius 3 is 2.21 bits per heavy atom. The Morgan fingerprint density at radius 1 is 1.04 bits per heavy atom. The lowest BCUT2D eigenvalue weighted by molar-refractivity contribution is -0.160. The van der Waals surface area contributed by atoms with Gasteiger partial charge in [0.2, 0.25) is 0 Å². The third-order valence-electron chi connectivity index (χ3n) is 6.73. The van der Waals surface area contributed by atoms with Crippen LogP contribution in [0.15, 0.2) is 23.8 Å². The largest absolute Gasteiger partial charge is 0.298 e. The quantitative estimate of drug-likeness (QED) is 0.698. The molecule has 0 spiro atoms.